The first-order valence-corrected chi connectivity index (χ1v) is 5.91. The molecule has 96 valence electrons. The number of rotatable bonds is 3. The summed E-state index contributed by atoms with van der Waals surface area (Å²) in [6, 6.07) is 5.37. The molecule has 1 heterocycles. The van der Waals surface area contributed by atoms with Crippen molar-refractivity contribution < 1.29 is 4.39 Å². The van der Waals surface area contributed by atoms with Crippen molar-refractivity contribution in [1.29, 1.82) is 0 Å². The van der Waals surface area contributed by atoms with E-state index in [0.717, 1.165) is 19.5 Å². The lowest BCUT2D eigenvalue weighted by atomic mass is 10.2. The Hall–Kier alpha value is -0.350. The van der Waals surface area contributed by atoms with Crippen molar-refractivity contribution >= 4 is 24.0 Å². The predicted molar refractivity (Wildman–Crippen MR) is 71.4 cm³/mol. The van der Waals surface area contributed by atoms with E-state index in [9.17, 15) is 4.39 Å². The van der Waals surface area contributed by atoms with Gasteiger partial charge in [-0.3, -0.25) is 4.90 Å². The molecule has 1 atom stereocenters. The number of hydrogen-bond donors (Lipinski definition) is 1. The van der Waals surface area contributed by atoms with Crippen LogP contribution in [0.5, 0.6) is 0 Å². The molecule has 0 aromatic heterocycles. The van der Waals surface area contributed by atoms with Crippen LogP contribution in [0.1, 0.15) is 12.0 Å². The normalized spacial score (nSPS) is 20.3. The third-order valence-electron chi connectivity index (χ3n) is 3.12. The third-order valence-corrected chi connectivity index (χ3v) is 3.48. The van der Waals surface area contributed by atoms with E-state index in [2.05, 4.69) is 10.2 Å². The molecule has 0 saturated carbocycles. The summed E-state index contributed by atoms with van der Waals surface area (Å²) in [5.41, 5.74) is 0.612. The smallest absolute Gasteiger partial charge is 0.129 e. The zero-order valence-electron chi connectivity index (χ0n) is 9.75. The molecule has 5 heteroatoms. The standard InChI is InChI=1S/C12H16ClFN2.ClH/c1-15-9-5-6-16(7-9)8-10-11(13)3-2-4-12(10)14;/h2-4,9,15H,5-8H2,1H3;1H. The van der Waals surface area contributed by atoms with Crippen LogP contribution >= 0.6 is 24.0 Å². The van der Waals surface area contributed by atoms with Crippen molar-refractivity contribution in [3.63, 3.8) is 0 Å². The monoisotopic (exact) mass is 278 g/mol. The van der Waals surface area contributed by atoms with E-state index in [-0.39, 0.29) is 18.2 Å². The number of likely N-dealkylation sites (tertiary alicyclic amines) is 1. The molecule has 1 fully saturated rings. The Morgan fingerprint density at radius 1 is 1.53 bits per heavy atom. The van der Waals surface area contributed by atoms with E-state index >= 15 is 0 Å². The minimum Gasteiger partial charge on any atom is -0.316 e. The summed E-state index contributed by atoms with van der Waals surface area (Å²) in [5, 5.41) is 3.76. The highest BCUT2D eigenvalue weighted by molar-refractivity contribution is 6.31. The van der Waals surface area contributed by atoms with Crippen LogP contribution in [0.15, 0.2) is 18.2 Å². The molecule has 0 spiro atoms. The van der Waals surface area contributed by atoms with Gasteiger partial charge in [0.05, 0.1) is 0 Å². The lowest BCUT2D eigenvalue weighted by Crippen LogP contribution is -2.29. The maximum absolute atomic E-state index is 13.6. The van der Waals surface area contributed by atoms with Crippen molar-refractivity contribution in [2.24, 2.45) is 0 Å². The van der Waals surface area contributed by atoms with Crippen LogP contribution in [-0.4, -0.2) is 31.1 Å². The molecule has 1 aromatic carbocycles. The van der Waals surface area contributed by atoms with Crippen LogP contribution in [0, 0.1) is 5.82 Å². The van der Waals surface area contributed by atoms with Gasteiger partial charge in [0.2, 0.25) is 0 Å². The van der Waals surface area contributed by atoms with Gasteiger partial charge in [-0.15, -0.1) is 12.4 Å². The van der Waals surface area contributed by atoms with Crippen LogP contribution in [-0.2, 0) is 6.54 Å². The van der Waals surface area contributed by atoms with Crippen molar-refractivity contribution in [2.45, 2.75) is 19.0 Å². The first-order chi connectivity index (χ1) is 7.70. The molecule has 0 amide bonds. The highest BCUT2D eigenvalue weighted by Crippen LogP contribution is 2.22. The average molecular weight is 279 g/mol. The molecular weight excluding hydrogens is 262 g/mol. The van der Waals surface area contributed by atoms with Crippen molar-refractivity contribution in [3.8, 4) is 0 Å². The van der Waals surface area contributed by atoms with Crippen LogP contribution in [0.4, 0.5) is 4.39 Å². The summed E-state index contributed by atoms with van der Waals surface area (Å²) in [4.78, 5) is 2.23. The Morgan fingerprint density at radius 2 is 2.29 bits per heavy atom. The number of hydrogen-bond acceptors (Lipinski definition) is 2. The number of halogens is 3. The summed E-state index contributed by atoms with van der Waals surface area (Å²) >= 11 is 6.00. The van der Waals surface area contributed by atoms with E-state index in [4.69, 9.17) is 11.6 Å². The fourth-order valence-corrected chi connectivity index (χ4v) is 2.34. The van der Waals surface area contributed by atoms with Crippen LogP contribution < -0.4 is 5.32 Å². The summed E-state index contributed by atoms with van der Waals surface area (Å²) in [6.07, 6.45) is 1.11. The largest absolute Gasteiger partial charge is 0.316 e. The number of nitrogens with one attached hydrogen (secondary N) is 1. The van der Waals surface area contributed by atoms with Crippen molar-refractivity contribution in [1.82, 2.24) is 10.2 Å². The minimum absolute atomic E-state index is 0. The van der Waals surface area contributed by atoms with Gasteiger partial charge in [-0.2, -0.15) is 0 Å². The van der Waals surface area contributed by atoms with Crippen LogP contribution in [0.25, 0.3) is 0 Å². The molecule has 1 saturated heterocycles. The minimum atomic E-state index is -0.208. The third kappa shape index (κ3) is 3.55. The summed E-state index contributed by atoms with van der Waals surface area (Å²) in [6.45, 7) is 2.56. The van der Waals surface area contributed by atoms with E-state index in [1.165, 1.54) is 6.07 Å². The van der Waals surface area contributed by atoms with Gasteiger partial charge >= 0.3 is 0 Å². The Morgan fingerprint density at radius 3 is 2.88 bits per heavy atom. The van der Waals surface area contributed by atoms with Gasteiger partial charge in [-0.05, 0) is 25.6 Å². The molecule has 1 N–H and O–H groups in total. The van der Waals surface area contributed by atoms with Crippen LogP contribution in [0.3, 0.4) is 0 Å². The van der Waals surface area contributed by atoms with Crippen molar-refractivity contribution in [2.75, 3.05) is 20.1 Å². The van der Waals surface area contributed by atoms with Crippen molar-refractivity contribution in [3.05, 3.63) is 34.6 Å². The molecule has 1 aliphatic rings. The van der Waals surface area contributed by atoms with Gasteiger partial charge in [0.1, 0.15) is 5.82 Å². The molecule has 1 unspecified atom stereocenters. The Balaban J connectivity index is 0.00000144. The highest BCUT2D eigenvalue weighted by Gasteiger charge is 2.22. The summed E-state index contributed by atoms with van der Waals surface area (Å²) < 4.78 is 13.6. The van der Waals surface area contributed by atoms with E-state index in [1.807, 2.05) is 7.05 Å². The second-order valence-corrected chi connectivity index (χ2v) is 4.62. The first-order valence-electron chi connectivity index (χ1n) is 5.53. The number of likely N-dealkylation sites (N-methyl/N-ethyl adjacent to an activating group) is 1. The predicted octanol–water partition coefficient (Wildman–Crippen LogP) is 2.69. The second kappa shape index (κ2) is 6.55. The fraction of sp³-hybridized carbons (Fsp3) is 0.500. The van der Waals surface area contributed by atoms with Gasteiger partial charge in [-0.25, -0.2) is 4.39 Å². The van der Waals surface area contributed by atoms with Gasteiger partial charge in [0.25, 0.3) is 0 Å². The average Bonchev–Trinajstić information content (AvgIpc) is 2.71. The Labute approximate surface area is 113 Å². The molecule has 1 aromatic rings. The quantitative estimate of drug-likeness (QED) is 0.915. The van der Waals surface area contributed by atoms with E-state index < -0.39 is 0 Å². The van der Waals surface area contributed by atoms with Gasteiger partial charge in [0, 0.05) is 36.3 Å². The van der Waals surface area contributed by atoms with E-state index in [0.29, 0.717) is 23.2 Å². The zero-order chi connectivity index (χ0) is 11.5. The van der Waals surface area contributed by atoms with Gasteiger partial charge in [0.15, 0.2) is 0 Å². The maximum atomic E-state index is 13.6. The van der Waals surface area contributed by atoms with Gasteiger partial charge < -0.3 is 5.32 Å². The molecular formula is C12H17Cl2FN2. The molecule has 1 aliphatic heterocycles. The molecule has 2 rings (SSSR count). The lowest BCUT2D eigenvalue weighted by Gasteiger charge is -2.17. The molecule has 2 nitrogen and oxygen atoms in total. The molecule has 0 radical (unpaired) electrons. The summed E-state index contributed by atoms with van der Waals surface area (Å²) in [7, 11) is 1.96. The lowest BCUT2D eigenvalue weighted by molar-refractivity contribution is 0.317. The fourth-order valence-electron chi connectivity index (χ4n) is 2.12. The highest BCUT2D eigenvalue weighted by atomic mass is 35.5. The SMILES string of the molecule is CNC1CCN(Cc2c(F)cccc2Cl)C1.Cl. The Bertz CT molecular complexity index is 353. The molecule has 0 bridgehead atoms. The topological polar surface area (TPSA) is 15.3 Å². The first kappa shape index (κ1) is 14.7. The number of benzene rings is 1. The van der Waals surface area contributed by atoms with E-state index in [1.54, 1.807) is 12.1 Å². The molecule has 0 aliphatic carbocycles. The van der Waals surface area contributed by atoms with Crippen LogP contribution in [0.2, 0.25) is 5.02 Å². The molecule has 17 heavy (non-hydrogen) atoms. The van der Waals surface area contributed by atoms with Gasteiger partial charge in [-0.1, -0.05) is 17.7 Å². The second-order valence-electron chi connectivity index (χ2n) is 4.21. The zero-order valence-corrected chi connectivity index (χ0v) is 11.3. The number of nitrogens with zero attached hydrogens (tertiary/aromatic N) is 1. The maximum Gasteiger partial charge on any atom is 0.129 e. The summed E-state index contributed by atoms with van der Waals surface area (Å²) in [5.74, 6) is -0.208. The Kier molecular flexibility index (Phi) is 5.67.